The first-order valence-corrected chi connectivity index (χ1v) is 4.79. The molecular weight excluding hydrogens is 198 g/mol. The Labute approximate surface area is 84.8 Å². The number of carbonyl (C=O) groups is 1. The molecule has 5 heteroatoms. The second-order valence-corrected chi connectivity index (χ2v) is 3.56. The summed E-state index contributed by atoms with van der Waals surface area (Å²) in [6, 6.07) is 1.75. The number of aromatic nitrogens is 3. The second kappa shape index (κ2) is 3.63. The number of nitrogens with zero attached hydrogens (tertiary/aromatic N) is 3. The van der Waals surface area contributed by atoms with Crippen LogP contribution in [0.25, 0.3) is 0 Å². The van der Waals surface area contributed by atoms with Crippen molar-refractivity contribution in [3.8, 4) is 0 Å². The van der Waals surface area contributed by atoms with Gasteiger partial charge in [-0.3, -0.25) is 9.78 Å². The van der Waals surface area contributed by atoms with E-state index in [2.05, 4.69) is 14.3 Å². The van der Waals surface area contributed by atoms with Crippen LogP contribution in [0.4, 0.5) is 0 Å². The number of aryl methyl sites for hydroxylation is 1. The number of ketones is 1. The number of hydrogen-bond acceptors (Lipinski definition) is 5. The van der Waals surface area contributed by atoms with Crippen molar-refractivity contribution < 1.29 is 4.79 Å². The van der Waals surface area contributed by atoms with E-state index in [0.717, 1.165) is 5.69 Å². The minimum absolute atomic E-state index is 0.122. The first-order valence-electron chi connectivity index (χ1n) is 4.01. The van der Waals surface area contributed by atoms with Gasteiger partial charge in [-0.25, -0.2) is 4.98 Å². The monoisotopic (exact) mass is 205 g/mol. The summed E-state index contributed by atoms with van der Waals surface area (Å²) in [5.41, 5.74) is 1.21. The molecule has 0 aromatic carbocycles. The predicted molar refractivity (Wildman–Crippen MR) is 52.3 cm³/mol. The largest absolute Gasteiger partial charge is 0.286 e. The van der Waals surface area contributed by atoms with E-state index in [1.807, 2.05) is 6.92 Å². The van der Waals surface area contributed by atoms with Crippen LogP contribution in [0.5, 0.6) is 0 Å². The Morgan fingerprint density at radius 1 is 1.43 bits per heavy atom. The van der Waals surface area contributed by atoms with Crippen molar-refractivity contribution in [1.82, 2.24) is 14.3 Å². The highest BCUT2D eigenvalue weighted by atomic mass is 32.1. The van der Waals surface area contributed by atoms with Gasteiger partial charge in [0.1, 0.15) is 5.69 Å². The van der Waals surface area contributed by atoms with Crippen LogP contribution in [0, 0.1) is 6.92 Å². The van der Waals surface area contributed by atoms with Gasteiger partial charge in [0.25, 0.3) is 0 Å². The molecule has 0 saturated carbocycles. The molecule has 0 atom stereocenters. The minimum Gasteiger partial charge on any atom is -0.286 e. The Kier molecular flexibility index (Phi) is 2.32. The Morgan fingerprint density at radius 2 is 2.29 bits per heavy atom. The molecule has 0 aliphatic rings. The molecule has 0 unspecified atom stereocenters. The van der Waals surface area contributed by atoms with Crippen LogP contribution < -0.4 is 0 Å². The van der Waals surface area contributed by atoms with Crippen LogP contribution in [-0.2, 0) is 0 Å². The maximum atomic E-state index is 11.7. The van der Waals surface area contributed by atoms with Gasteiger partial charge in [0.2, 0.25) is 5.78 Å². The zero-order valence-electron chi connectivity index (χ0n) is 7.47. The lowest BCUT2D eigenvalue weighted by Gasteiger charge is -1.93. The van der Waals surface area contributed by atoms with Crippen LogP contribution >= 0.6 is 11.5 Å². The molecule has 14 heavy (non-hydrogen) atoms. The fraction of sp³-hybridized carbons (Fsp3) is 0.111. The van der Waals surface area contributed by atoms with Crippen molar-refractivity contribution in [2.75, 3.05) is 0 Å². The van der Waals surface area contributed by atoms with Crippen molar-refractivity contribution in [2.24, 2.45) is 0 Å². The molecule has 0 saturated heterocycles. The van der Waals surface area contributed by atoms with Gasteiger partial charge in [0, 0.05) is 12.4 Å². The van der Waals surface area contributed by atoms with E-state index in [9.17, 15) is 4.79 Å². The molecule has 0 spiro atoms. The predicted octanol–water partition coefficient (Wildman–Crippen LogP) is 1.47. The molecule has 2 heterocycles. The maximum absolute atomic E-state index is 11.7. The van der Waals surface area contributed by atoms with Crippen molar-refractivity contribution >= 4 is 17.3 Å². The molecule has 0 aliphatic carbocycles. The maximum Gasteiger partial charge on any atom is 0.224 e. The smallest absolute Gasteiger partial charge is 0.224 e. The van der Waals surface area contributed by atoms with Crippen LogP contribution in [0.15, 0.2) is 24.7 Å². The zero-order chi connectivity index (χ0) is 9.97. The lowest BCUT2D eigenvalue weighted by molar-refractivity contribution is 0.103. The summed E-state index contributed by atoms with van der Waals surface area (Å²) in [7, 11) is 0. The average molecular weight is 205 g/mol. The molecule has 0 amide bonds. The van der Waals surface area contributed by atoms with Crippen molar-refractivity contribution in [2.45, 2.75) is 6.92 Å². The van der Waals surface area contributed by atoms with E-state index in [4.69, 9.17) is 0 Å². The van der Waals surface area contributed by atoms with Gasteiger partial charge >= 0.3 is 0 Å². The molecule has 2 rings (SSSR count). The van der Waals surface area contributed by atoms with Gasteiger partial charge in [-0.2, -0.15) is 4.37 Å². The van der Waals surface area contributed by atoms with Crippen LogP contribution in [-0.4, -0.2) is 20.1 Å². The molecule has 0 bridgehead atoms. The Balaban J connectivity index is 2.34. The zero-order valence-corrected chi connectivity index (χ0v) is 8.28. The van der Waals surface area contributed by atoms with Crippen molar-refractivity contribution in [1.29, 1.82) is 0 Å². The van der Waals surface area contributed by atoms with Crippen molar-refractivity contribution in [3.63, 3.8) is 0 Å². The Morgan fingerprint density at radius 3 is 2.86 bits per heavy atom. The summed E-state index contributed by atoms with van der Waals surface area (Å²) in [4.78, 5) is 20.1. The topological polar surface area (TPSA) is 55.7 Å². The quantitative estimate of drug-likeness (QED) is 0.697. The average Bonchev–Trinajstić information content (AvgIpc) is 2.65. The summed E-state index contributed by atoms with van der Waals surface area (Å²) in [5.74, 6) is -0.122. The normalized spacial score (nSPS) is 10.1. The van der Waals surface area contributed by atoms with E-state index < -0.39 is 0 Å². The third kappa shape index (κ3) is 1.67. The third-order valence-electron chi connectivity index (χ3n) is 1.65. The third-order valence-corrected chi connectivity index (χ3v) is 2.53. The van der Waals surface area contributed by atoms with Crippen LogP contribution in [0.3, 0.4) is 0 Å². The van der Waals surface area contributed by atoms with Crippen molar-refractivity contribution in [3.05, 3.63) is 40.9 Å². The molecule has 4 nitrogen and oxygen atoms in total. The van der Waals surface area contributed by atoms with E-state index in [-0.39, 0.29) is 5.78 Å². The van der Waals surface area contributed by atoms with Gasteiger partial charge in [0.05, 0.1) is 16.8 Å². The SMILES string of the molecule is Cc1cc(C(=O)c2cnccn2)sn1. The van der Waals surface area contributed by atoms with Crippen LogP contribution in [0.1, 0.15) is 21.1 Å². The van der Waals surface area contributed by atoms with Gasteiger partial charge in [-0.15, -0.1) is 0 Å². The first kappa shape index (κ1) is 8.96. The highest BCUT2D eigenvalue weighted by Gasteiger charge is 2.12. The van der Waals surface area contributed by atoms with E-state index in [1.54, 1.807) is 6.07 Å². The standard InChI is InChI=1S/C9H7N3OS/c1-6-4-8(14-12-6)9(13)7-5-10-2-3-11-7/h2-5H,1H3. The molecule has 0 fully saturated rings. The molecule has 2 aromatic heterocycles. The fourth-order valence-corrected chi connectivity index (χ4v) is 1.72. The summed E-state index contributed by atoms with van der Waals surface area (Å²) >= 11 is 1.19. The summed E-state index contributed by atoms with van der Waals surface area (Å²) in [6.45, 7) is 1.85. The van der Waals surface area contributed by atoms with Crippen LogP contribution in [0.2, 0.25) is 0 Å². The van der Waals surface area contributed by atoms with Gasteiger partial charge in [-0.05, 0) is 24.5 Å². The fourth-order valence-electron chi connectivity index (χ4n) is 1.01. The summed E-state index contributed by atoms with van der Waals surface area (Å²) in [5, 5.41) is 0. The lowest BCUT2D eigenvalue weighted by Crippen LogP contribution is -2.01. The molecule has 0 aliphatic heterocycles. The van der Waals surface area contributed by atoms with E-state index in [1.165, 1.54) is 30.1 Å². The number of hydrogen-bond donors (Lipinski definition) is 0. The Bertz CT molecular complexity index is 452. The molecule has 70 valence electrons. The number of rotatable bonds is 2. The summed E-state index contributed by atoms with van der Waals surface area (Å²) < 4.78 is 4.04. The highest BCUT2D eigenvalue weighted by molar-refractivity contribution is 7.08. The van der Waals surface area contributed by atoms with E-state index in [0.29, 0.717) is 10.6 Å². The second-order valence-electron chi connectivity index (χ2n) is 2.75. The van der Waals surface area contributed by atoms with Gasteiger partial charge in [-0.1, -0.05) is 0 Å². The molecular formula is C9H7N3OS. The summed E-state index contributed by atoms with van der Waals surface area (Å²) in [6.07, 6.45) is 4.49. The minimum atomic E-state index is -0.122. The molecule has 0 radical (unpaired) electrons. The Hall–Kier alpha value is -1.62. The van der Waals surface area contributed by atoms with Gasteiger partial charge in [0.15, 0.2) is 0 Å². The van der Waals surface area contributed by atoms with E-state index >= 15 is 0 Å². The first-order chi connectivity index (χ1) is 6.77. The highest BCUT2D eigenvalue weighted by Crippen LogP contribution is 2.12. The molecule has 0 N–H and O–H groups in total. The molecule has 2 aromatic rings. The lowest BCUT2D eigenvalue weighted by atomic mass is 10.2. The van der Waals surface area contributed by atoms with Gasteiger partial charge < -0.3 is 0 Å². The number of carbonyl (C=O) groups excluding carboxylic acids is 1.